The smallest absolute Gasteiger partial charge is 0.325 e. The number of hydrogen-bond donors (Lipinski definition) is 2. The molecule has 2 aliphatic carbocycles. The van der Waals surface area contributed by atoms with Crippen molar-refractivity contribution in [1.82, 2.24) is 15.1 Å². The van der Waals surface area contributed by atoms with Crippen molar-refractivity contribution in [1.29, 1.82) is 0 Å². The van der Waals surface area contributed by atoms with E-state index in [-0.39, 0.29) is 24.9 Å². The summed E-state index contributed by atoms with van der Waals surface area (Å²) in [5, 5.41) is 12.4. The first-order valence-electron chi connectivity index (χ1n) is 11.6. The molecule has 2 aromatic carbocycles. The van der Waals surface area contributed by atoms with Gasteiger partial charge in [-0.25, -0.2) is 4.79 Å². The van der Waals surface area contributed by atoms with Gasteiger partial charge in [-0.3, -0.25) is 19.3 Å². The lowest BCUT2D eigenvalue weighted by molar-refractivity contribution is -0.142. The Bertz CT molecular complexity index is 1160. The number of amides is 4. The number of carbonyl (C=O) groups excluding carboxylic acids is 3. The molecule has 1 heterocycles. The number of nitrogens with one attached hydrogen (secondary N) is 1. The Balaban J connectivity index is 1.40. The molecule has 1 saturated carbocycles. The molecule has 1 saturated heterocycles. The van der Waals surface area contributed by atoms with Crippen LogP contribution in [0.5, 0.6) is 0 Å². The maximum Gasteiger partial charge on any atom is 0.325 e. The Kier molecular flexibility index (Phi) is 5.38. The number of carboxylic acids is 1. The Morgan fingerprint density at radius 2 is 1.79 bits per heavy atom. The van der Waals surface area contributed by atoms with Gasteiger partial charge in [-0.15, -0.1) is 0 Å². The Hall–Kier alpha value is -3.68. The van der Waals surface area contributed by atoms with Crippen LogP contribution in [0.2, 0.25) is 0 Å². The molecule has 8 heteroatoms. The summed E-state index contributed by atoms with van der Waals surface area (Å²) in [6, 6.07) is 15.8. The molecule has 8 nitrogen and oxygen atoms in total. The predicted molar refractivity (Wildman–Crippen MR) is 123 cm³/mol. The average molecular weight is 462 g/mol. The van der Waals surface area contributed by atoms with Gasteiger partial charge < -0.3 is 15.3 Å². The summed E-state index contributed by atoms with van der Waals surface area (Å²) in [5.74, 6) is -2.40. The third-order valence-corrected chi connectivity index (χ3v) is 7.39. The normalized spacial score (nSPS) is 24.1. The molecule has 2 unspecified atom stereocenters. The second-order valence-electron chi connectivity index (χ2n) is 9.49. The molecule has 1 spiro atoms. The lowest BCUT2D eigenvalue weighted by Crippen LogP contribution is -2.47. The van der Waals surface area contributed by atoms with E-state index in [4.69, 9.17) is 0 Å². The van der Waals surface area contributed by atoms with Gasteiger partial charge in [0.1, 0.15) is 12.1 Å². The zero-order valence-corrected chi connectivity index (χ0v) is 18.9. The molecule has 3 aliphatic rings. The number of fused-ring (bicyclic) bond motifs is 2. The van der Waals surface area contributed by atoms with Crippen molar-refractivity contribution in [3.8, 4) is 0 Å². The SMILES string of the molecule is C[C@@H](C1CC1)N(Cc1ccccc1)C(=O)CN1C(=O)NC2(CC(C(=O)O)c3ccccc32)C1=O. The maximum atomic E-state index is 13.6. The van der Waals surface area contributed by atoms with Gasteiger partial charge in [0.15, 0.2) is 0 Å². The summed E-state index contributed by atoms with van der Waals surface area (Å²) in [5.41, 5.74) is 0.530. The van der Waals surface area contributed by atoms with Crippen LogP contribution in [0.15, 0.2) is 54.6 Å². The fourth-order valence-electron chi connectivity index (χ4n) is 5.33. The molecule has 2 N–H and O–H groups in total. The van der Waals surface area contributed by atoms with Gasteiger partial charge in [0.05, 0.1) is 5.92 Å². The van der Waals surface area contributed by atoms with E-state index in [9.17, 15) is 24.3 Å². The van der Waals surface area contributed by atoms with Crippen molar-refractivity contribution < 1.29 is 24.3 Å². The van der Waals surface area contributed by atoms with E-state index in [0.29, 0.717) is 23.6 Å². The van der Waals surface area contributed by atoms with Crippen LogP contribution >= 0.6 is 0 Å². The van der Waals surface area contributed by atoms with Gasteiger partial charge in [0, 0.05) is 19.0 Å². The third-order valence-electron chi connectivity index (χ3n) is 7.39. The summed E-state index contributed by atoms with van der Waals surface area (Å²) >= 11 is 0. The minimum absolute atomic E-state index is 0.00831. The quantitative estimate of drug-likeness (QED) is 0.617. The van der Waals surface area contributed by atoms with Gasteiger partial charge >= 0.3 is 12.0 Å². The summed E-state index contributed by atoms with van der Waals surface area (Å²) < 4.78 is 0. The third kappa shape index (κ3) is 3.63. The van der Waals surface area contributed by atoms with Crippen LogP contribution in [-0.2, 0) is 26.5 Å². The van der Waals surface area contributed by atoms with Crippen LogP contribution in [0.1, 0.15) is 48.8 Å². The number of nitrogens with zero attached hydrogens (tertiary/aromatic N) is 2. The first-order chi connectivity index (χ1) is 16.3. The summed E-state index contributed by atoms with van der Waals surface area (Å²) in [4.78, 5) is 54.5. The van der Waals surface area contributed by atoms with Crippen molar-refractivity contribution in [3.05, 3.63) is 71.3 Å². The second-order valence-corrected chi connectivity index (χ2v) is 9.49. The highest BCUT2D eigenvalue weighted by molar-refractivity contribution is 6.10. The van der Waals surface area contributed by atoms with Gasteiger partial charge in [-0.1, -0.05) is 54.6 Å². The molecule has 0 aromatic heterocycles. The van der Waals surface area contributed by atoms with Crippen molar-refractivity contribution in [3.63, 3.8) is 0 Å². The Morgan fingerprint density at radius 3 is 2.47 bits per heavy atom. The fourth-order valence-corrected chi connectivity index (χ4v) is 5.33. The number of urea groups is 1. The van der Waals surface area contributed by atoms with E-state index in [1.807, 2.05) is 37.3 Å². The highest BCUT2D eigenvalue weighted by Gasteiger charge is 2.59. The van der Waals surface area contributed by atoms with Crippen LogP contribution in [0, 0.1) is 5.92 Å². The van der Waals surface area contributed by atoms with Crippen LogP contribution in [0.3, 0.4) is 0 Å². The van der Waals surface area contributed by atoms with Crippen LogP contribution < -0.4 is 5.32 Å². The molecule has 1 aliphatic heterocycles. The Morgan fingerprint density at radius 1 is 1.12 bits per heavy atom. The van der Waals surface area contributed by atoms with Gasteiger partial charge in [0.2, 0.25) is 5.91 Å². The van der Waals surface area contributed by atoms with Crippen molar-refractivity contribution in [2.75, 3.05) is 6.54 Å². The Labute approximate surface area is 197 Å². The predicted octanol–water partition coefficient (Wildman–Crippen LogP) is 2.83. The monoisotopic (exact) mass is 461 g/mol. The van der Waals surface area contributed by atoms with Gasteiger partial charge in [0.25, 0.3) is 5.91 Å². The van der Waals surface area contributed by atoms with E-state index < -0.39 is 29.4 Å². The average Bonchev–Trinajstić information content (AvgIpc) is 3.59. The molecule has 176 valence electrons. The van der Waals surface area contributed by atoms with Crippen molar-refractivity contribution in [2.24, 2.45) is 5.92 Å². The lowest BCUT2D eigenvalue weighted by atomic mass is 9.91. The molecule has 2 fully saturated rings. The molecule has 2 aromatic rings. The number of aliphatic carboxylic acids is 1. The maximum absolute atomic E-state index is 13.6. The topological polar surface area (TPSA) is 107 Å². The van der Waals surface area contributed by atoms with Crippen LogP contribution in [0.4, 0.5) is 4.79 Å². The standard InChI is InChI=1S/C26H27N3O5/c1-16(18-11-12-18)28(14-17-7-3-2-4-8-17)22(30)15-29-24(33)26(27-25(29)34)13-20(23(31)32)19-9-5-6-10-21(19)26/h2-10,16,18,20H,11-15H2,1H3,(H,27,34)(H,31,32)/t16-,20?,26?/m0/s1. The molecular formula is C26H27N3O5. The molecule has 0 bridgehead atoms. The van der Waals surface area contributed by atoms with Crippen molar-refractivity contribution >= 4 is 23.8 Å². The number of carbonyl (C=O) groups is 4. The van der Waals surface area contributed by atoms with Gasteiger partial charge in [-0.2, -0.15) is 0 Å². The fraction of sp³-hybridized carbons (Fsp3) is 0.385. The first-order valence-corrected chi connectivity index (χ1v) is 11.6. The zero-order valence-electron chi connectivity index (χ0n) is 18.9. The number of benzene rings is 2. The lowest BCUT2D eigenvalue weighted by Gasteiger charge is -2.31. The highest BCUT2D eigenvalue weighted by atomic mass is 16.4. The largest absolute Gasteiger partial charge is 0.481 e. The molecule has 34 heavy (non-hydrogen) atoms. The van der Waals surface area contributed by atoms with Crippen LogP contribution in [-0.4, -0.2) is 51.3 Å². The van der Waals surface area contributed by atoms with Gasteiger partial charge in [-0.05, 0) is 42.4 Å². The summed E-state index contributed by atoms with van der Waals surface area (Å²) in [7, 11) is 0. The van der Waals surface area contributed by atoms with E-state index in [1.54, 1.807) is 29.2 Å². The summed E-state index contributed by atoms with van der Waals surface area (Å²) in [6.45, 7) is 2.03. The van der Waals surface area contributed by atoms with E-state index >= 15 is 0 Å². The zero-order chi connectivity index (χ0) is 24.0. The molecule has 5 rings (SSSR count). The number of hydrogen-bond acceptors (Lipinski definition) is 4. The van der Waals surface area contributed by atoms with E-state index in [2.05, 4.69) is 5.32 Å². The molecule has 0 radical (unpaired) electrons. The summed E-state index contributed by atoms with van der Waals surface area (Å²) in [6.07, 6.45) is 2.04. The minimum atomic E-state index is -1.45. The van der Waals surface area contributed by atoms with Crippen molar-refractivity contribution in [2.45, 2.75) is 50.2 Å². The second kappa shape index (κ2) is 8.27. The van der Waals surface area contributed by atoms with E-state index in [0.717, 1.165) is 23.3 Å². The minimum Gasteiger partial charge on any atom is -0.481 e. The first kappa shape index (κ1) is 22.1. The number of rotatable bonds is 7. The highest BCUT2D eigenvalue weighted by Crippen LogP contribution is 2.47. The molecule has 3 atom stereocenters. The van der Waals surface area contributed by atoms with E-state index in [1.165, 1.54) is 0 Å². The number of carboxylic acid groups (broad SMARTS) is 1. The molecular weight excluding hydrogens is 434 g/mol. The molecule has 4 amide bonds. The number of imide groups is 1. The van der Waals surface area contributed by atoms with Crippen LogP contribution in [0.25, 0.3) is 0 Å².